The minimum atomic E-state index is -0.384. The summed E-state index contributed by atoms with van der Waals surface area (Å²) in [5, 5.41) is 14.9. The van der Waals surface area contributed by atoms with Crippen LogP contribution in [0.4, 0.5) is 15.8 Å². The average molecular weight is 268 g/mol. The maximum absolute atomic E-state index is 13.7. The summed E-state index contributed by atoms with van der Waals surface area (Å²) in [5.74, 6) is -0.586. The van der Waals surface area contributed by atoms with Gasteiger partial charge in [0.25, 0.3) is 0 Å². The van der Waals surface area contributed by atoms with Gasteiger partial charge in [0.05, 0.1) is 12.3 Å². The van der Waals surface area contributed by atoms with Crippen molar-refractivity contribution in [2.45, 2.75) is 27.2 Å². The molecule has 0 saturated heterocycles. The first-order valence-corrected chi connectivity index (χ1v) is 6.32. The Hall–Kier alpha value is -1.62. The molecule has 0 saturated carbocycles. The molecule has 0 aliphatic heterocycles. The molecule has 0 aliphatic rings. The molecule has 1 rings (SSSR count). The van der Waals surface area contributed by atoms with E-state index in [2.05, 4.69) is 10.6 Å². The van der Waals surface area contributed by atoms with Gasteiger partial charge in [0.2, 0.25) is 5.91 Å². The first-order chi connectivity index (χ1) is 8.90. The zero-order chi connectivity index (χ0) is 14.5. The van der Waals surface area contributed by atoms with Crippen LogP contribution in [-0.2, 0) is 4.79 Å². The number of hydrogen-bond acceptors (Lipinski definition) is 3. The number of rotatable bonds is 6. The van der Waals surface area contributed by atoms with Gasteiger partial charge in [0.15, 0.2) is 0 Å². The summed E-state index contributed by atoms with van der Waals surface area (Å²) in [7, 11) is 0. The van der Waals surface area contributed by atoms with Gasteiger partial charge in [-0.05, 0) is 24.6 Å². The van der Waals surface area contributed by atoms with Crippen LogP contribution in [0, 0.1) is 11.2 Å². The number of aliphatic hydroxyl groups excluding tert-OH is 1. The number of hydrogen-bond donors (Lipinski definition) is 3. The Labute approximate surface area is 113 Å². The second-order valence-corrected chi connectivity index (χ2v) is 5.05. The molecule has 1 amide bonds. The van der Waals surface area contributed by atoms with E-state index in [1.54, 1.807) is 6.07 Å². The molecule has 0 aromatic heterocycles. The van der Waals surface area contributed by atoms with Crippen molar-refractivity contribution >= 4 is 17.3 Å². The minimum Gasteiger partial charge on any atom is -0.396 e. The van der Waals surface area contributed by atoms with Crippen LogP contribution in [0.15, 0.2) is 18.2 Å². The Balaban J connectivity index is 2.79. The molecular formula is C14H21FN2O2. The van der Waals surface area contributed by atoms with Crippen molar-refractivity contribution in [2.75, 3.05) is 23.8 Å². The molecular weight excluding hydrogens is 247 g/mol. The van der Waals surface area contributed by atoms with Gasteiger partial charge in [-0.1, -0.05) is 13.8 Å². The van der Waals surface area contributed by atoms with Gasteiger partial charge in [0.1, 0.15) is 5.82 Å². The summed E-state index contributed by atoms with van der Waals surface area (Å²) in [6.45, 7) is 5.79. The van der Waals surface area contributed by atoms with Gasteiger partial charge in [-0.15, -0.1) is 0 Å². The maximum Gasteiger partial charge on any atom is 0.221 e. The van der Waals surface area contributed by atoms with E-state index >= 15 is 0 Å². The maximum atomic E-state index is 13.7. The fraction of sp³-hybridized carbons (Fsp3) is 0.500. The molecule has 0 bridgehead atoms. The number of anilines is 2. The second kappa shape index (κ2) is 6.52. The van der Waals surface area contributed by atoms with E-state index in [9.17, 15) is 14.3 Å². The summed E-state index contributed by atoms with van der Waals surface area (Å²) in [6, 6.07) is 4.35. The van der Waals surface area contributed by atoms with E-state index < -0.39 is 0 Å². The lowest BCUT2D eigenvalue weighted by molar-refractivity contribution is -0.114. The third-order valence-corrected chi connectivity index (χ3v) is 3.23. The fourth-order valence-corrected chi connectivity index (χ4v) is 1.54. The van der Waals surface area contributed by atoms with Crippen LogP contribution < -0.4 is 10.6 Å². The smallest absolute Gasteiger partial charge is 0.221 e. The number of carbonyl (C=O) groups excluding carboxylic acids is 1. The molecule has 106 valence electrons. The number of aliphatic hydroxyl groups is 1. The largest absolute Gasteiger partial charge is 0.396 e. The van der Waals surface area contributed by atoms with Crippen molar-refractivity contribution in [1.29, 1.82) is 0 Å². The quantitative estimate of drug-likeness (QED) is 0.743. The van der Waals surface area contributed by atoms with Crippen molar-refractivity contribution in [3.63, 3.8) is 0 Å². The Morgan fingerprint density at radius 2 is 2.16 bits per heavy atom. The summed E-state index contributed by atoms with van der Waals surface area (Å²) in [4.78, 5) is 11.0. The standard InChI is InChI=1S/C14H21FN2O2/c1-4-14(3,9-18)8-16-13-7-11(17-10(2)19)5-6-12(13)15/h5-7,16,18H,4,8-9H2,1-3H3,(H,17,19). The Morgan fingerprint density at radius 1 is 1.47 bits per heavy atom. The van der Waals surface area contributed by atoms with Crippen molar-refractivity contribution in [3.05, 3.63) is 24.0 Å². The van der Waals surface area contributed by atoms with Crippen LogP contribution in [0.5, 0.6) is 0 Å². The number of benzene rings is 1. The monoisotopic (exact) mass is 268 g/mol. The van der Waals surface area contributed by atoms with Crippen molar-refractivity contribution in [1.82, 2.24) is 0 Å². The normalized spacial score (nSPS) is 13.7. The molecule has 0 aliphatic carbocycles. The first-order valence-electron chi connectivity index (χ1n) is 6.32. The van der Waals surface area contributed by atoms with Crippen molar-refractivity contribution in [3.8, 4) is 0 Å². The number of nitrogens with one attached hydrogen (secondary N) is 2. The highest BCUT2D eigenvalue weighted by Gasteiger charge is 2.21. The molecule has 4 nitrogen and oxygen atoms in total. The minimum absolute atomic E-state index is 0.0313. The van der Waals surface area contributed by atoms with Crippen molar-refractivity contribution in [2.24, 2.45) is 5.41 Å². The average Bonchev–Trinajstić information content (AvgIpc) is 2.38. The highest BCUT2D eigenvalue weighted by molar-refractivity contribution is 5.89. The predicted octanol–water partition coefficient (Wildman–Crippen LogP) is 2.60. The highest BCUT2D eigenvalue weighted by atomic mass is 19.1. The fourth-order valence-electron chi connectivity index (χ4n) is 1.54. The van der Waals surface area contributed by atoms with Gasteiger partial charge in [-0.25, -0.2) is 4.39 Å². The molecule has 1 aromatic carbocycles. The first kappa shape index (κ1) is 15.4. The molecule has 0 fully saturated rings. The summed E-state index contributed by atoms with van der Waals surface area (Å²) in [5.41, 5.74) is 0.564. The molecule has 0 radical (unpaired) electrons. The van der Waals surface area contributed by atoms with Gasteiger partial charge < -0.3 is 15.7 Å². The van der Waals surface area contributed by atoms with Gasteiger partial charge in [-0.3, -0.25) is 4.79 Å². The number of carbonyl (C=O) groups is 1. The van der Waals surface area contributed by atoms with E-state index in [1.165, 1.54) is 19.1 Å². The van der Waals surface area contributed by atoms with E-state index in [0.717, 1.165) is 6.42 Å². The molecule has 1 unspecified atom stereocenters. The Kier molecular flexibility index (Phi) is 5.30. The third-order valence-electron chi connectivity index (χ3n) is 3.23. The van der Waals surface area contributed by atoms with Crippen LogP contribution in [0.1, 0.15) is 27.2 Å². The summed E-state index contributed by atoms with van der Waals surface area (Å²) < 4.78 is 13.7. The number of halogens is 1. The molecule has 0 heterocycles. The molecule has 1 atom stereocenters. The highest BCUT2D eigenvalue weighted by Crippen LogP contribution is 2.24. The lowest BCUT2D eigenvalue weighted by atomic mass is 9.88. The lowest BCUT2D eigenvalue weighted by Crippen LogP contribution is -2.29. The second-order valence-electron chi connectivity index (χ2n) is 5.05. The van der Waals surface area contributed by atoms with Crippen LogP contribution in [0.25, 0.3) is 0 Å². The Morgan fingerprint density at radius 3 is 2.68 bits per heavy atom. The SMILES string of the molecule is CCC(C)(CO)CNc1cc(NC(C)=O)ccc1F. The Bertz CT molecular complexity index is 445. The molecule has 0 spiro atoms. The van der Waals surface area contributed by atoms with Crippen molar-refractivity contribution < 1.29 is 14.3 Å². The van der Waals surface area contributed by atoms with E-state index in [-0.39, 0.29) is 23.7 Å². The van der Waals surface area contributed by atoms with Crippen LogP contribution >= 0.6 is 0 Å². The van der Waals surface area contributed by atoms with E-state index in [4.69, 9.17) is 0 Å². The zero-order valence-corrected chi connectivity index (χ0v) is 11.6. The topological polar surface area (TPSA) is 61.4 Å². The van der Waals surface area contributed by atoms with Gasteiger partial charge in [0, 0.05) is 24.6 Å². The zero-order valence-electron chi connectivity index (χ0n) is 11.6. The third kappa shape index (κ3) is 4.52. The number of amides is 1. The summed E-state index contributed by atoms with van der Waals surface area (Å²) in [6.07, 6.45) is 0.781. The molecule has 3 N–H and O–H groups in total. The van der Waals surface area contributed by atoms with E-state index in [1.807, 2.05) is 13.8 Å². The lowest BCUT2D eigenvalue weighted by Gasteiger charge is -2.26. The molecule has 19 heavy (non-hydrogen) atoms. The summed E-state index contributed by atoms with van der Waals surface area (Å²) >= 11 is 0. The predicted molar refractivity (Wildman–Crippen MR) is 74.7 cm³/mol. The van der Waals surface area contributed by atoms with Crippen LogP contribution in [0.2, 0.25) is 0 Å². The van der Waals surface area contributed by atoms with Crippen LogP contribution in [0.3, 0.4) is 0 Å². The van der Waals surface area contributed by atoms with Crippen LogP contribution in [-0.4, -0.2) is 24.2 Å². The molecule has 1 aromatic rings. The van der Waals surface area contributed by atoms with Gasteiger partial charge in [-0.2, -0.15) is 0 Å². The van der Waals surface area contributed by atoms with Gasteiger partial charge >= 0.3 is 0 Å². The molecule has 5 heteroatoms. The van der Waals surface area contributed by atoms with E-state index in [0.29, 0.717) is 17.9 Å².